The van der Waals surface area contributed by atoms with Gasteiger partial charge in [0.2, 0.25) is 0 Å². The highest BCUT2D eigenvalue weighted by atomic mass is 15.2. The van der Waals surface area contributed by atoms with Crippen molar-refractivity contribution in [1.29, 1.82) is 0 Å². The van der Waals surface area contributed by atoms with Gasteiger partial charge >= 0.3 is 0 Å². The summed E-state index contributed by atoms with van der Waals surface area (Å²) in [7, 11) is 2.01. The minimum Gasteiger partial charge on any atom is -0.367 e. The van der Waals surface area contributed by atoms with E-state index in [1.54, 1.807) is 0 Å². The number of rotatable bonds is 1. The maximum Gasteiger partial charge on any atom is 0.161 e. The Morgan fingerprint density at radius 3 is 2.82 bits per heavy atom. The maximum atomic E-state index is 4.63. The van der Waals surface area contributed by atoms with E-state index >= 15 is 0 Å². The number of aryl methyl sites for hydroxylation is 2. The third-order valence-electron chi connectivity index (χ3n) is 3.42. The molecule has 3 heterocycles. The van der Waals surface area contributed by atoms with Crippen molar-refractivity contribution in [1.82, 2.24) is 19.9 Å². The average molecular weight is 231 g/mol. The second-order valence-corrected chi connectivity index (χ2v) is 4.46. The zero-order valence-corrected chi connectivity index (χ0v) is 10.3. The highest BCUT2D eigenvalue weighted by Gasteiger charge is 2.16. The number of piperazine rings is 1. The quantitative estimate of drug-likeness (QED) is 0.784. The Kier molecular flexibility index (Phi) is 2.48. The van der Waals surface area contributed by atoms with Gasteiger partial charge in [-0.05, 0) is 13.0 Å². The van der Waals surface area contributed by atoms with Gasteiger partial charge in [0.1, 0.15) is 11.3 Å². The van der Waals surface area contributed by atoms with Crippen molar-refractivity contribution in [3.63, 3.8) is 0 Å². The first-order valence-electron chi connectivity index (χ1n) is 6.01. The highest BCUT2D eigenvalue weighted by molar-refractivity contribution is 5.86. The van der Waals surface area contributed by atoms with E-state index in [0.717, 1.165) is 43.2 Å². The normalized spacial score (nSPS) is 16.7. The van der Waals surface area contributed by atoms with Crippen LogP contribution in [-0.2, 0) is 7.05 Å². The number of aromatic nitrogens is 3. The minimum atomic E-state index is 0.971. The average Bonchev–Trinajstić information content (AvgIpc) is 2.67. The number of pyridine rings is 1. The molecule has 1 saturated heterocycles. The number of anilines is 1. The summed E-state index contributed by atoms with van der Waals surface area (Å²) in [5.41, 5.74) is 3.20. The maximum absolute atomic E-state index is 4.63. The fourth-order valence-electron chi connectivity index (χ4n) is 2.34. The van der Waals surface area contributed by atoms with Crippen molar-refractivity contribution in [3.8, 4) is 0 Å². The van der Waals surface area contributed by atoms with Crippen molar-refractivity contribution < 1.29 is 0 Å². The van der Waals surface area contributed by atoms with Crippen molar-refractivity contribution >= 4 is 16.9 Å². The van der Waals surface area contributed by atoms with Crippen LogP contribution < -0.4 is 10.2 Å². The van der Waals surface area contributed by atoms with Gasteiger partial charge in [0.05, 0.1) is 5.69 Å². The first kappa shape index (κ1) is 10.5. The molecule has 90 valence electrons. The number of hydrogen-bond donors (Lipinski definition) is 1. The van der Waals surface area contributed by atoms with Crippen LogP contribution in [0, 0.1) is 6.92 Å². The van der Waals surface area contributed by atoms with Gasteiger partial charge in [0.25, 0.3) is 0 Å². The molecule has 1 aliphatic rings. The van der Waals surface area contributed by atoms with E-state index in [1.807, 2.05) is 24.7 Å². The van der Waals surface area contributed by atoms with Gasteiger partial charge in [0, 0.05) is 39.4 Å². The van der Waals surface area contributed by atoms with E-state index in [0.29, 0.717) is 0 Å². The molecule has 1 N–H and O–H groups in total. The van der Waals surface area contributed by atoms with Gasteiger partial charge in [-0.25, -0.2) is 9.97 Å². The van der Waals surface area contributed by atoms with Gasteiger partial charge in [-0.3, -0.25) is 0 Å². The van der Waals surface area contributed by atoms with Crippen LogP contribution in [-0.4, -0.2) is 40.7 Å². The van der Waals surface area contributed by atoms with E-state index in [-0.39, 0.29) is 0 Å². The highest BCUT2D eigenvalue weighted by Crippen LogP contribution is 2.24. The summed E-state index contributed by atoms with van der Waals surface area (Å²) in [5.74, 6) is 1.01. The summed E-state index contributed by atoms with van der Waals surface area (Å²) >= 11 is 0. The molecule has 1 fully saturated rings. The third kappa shape index (κ3) is 1.67. The van der Waals surface area contributed by atoms with Crippen molar-refractivity contribution in [2.24, 2.45) is 7.05 Å². The molecule has 0 spiro atoms. The van der Waals surface area contributed by atoms with E-state index in [2.05, 4.69) is 26.3 Å². The molecule has 17 heavy (non-hydrogen) atoms. The molecular weight excluding hydrogens is 214 g/mol. The van der Waals surface area contributed by atoms with Gasteiger partial charge in [0.15, 0.2) is 5.65 Å². The Balaban J connectivity index is 2.12. The van der Waals surface area contributed by atoms with E-state index in [4.69, 9.17) is 0 Å². The Morgan fingerprint density at radius 1 is 1.29 bits per heavy atom. The van der Waals surface area contributed by atoms with Crippen LogP contribution in [0.5, 0.6) is 0 Å². The van der Waals surface area contributed by atoms with E-state index in [1.165, 1.54) is 5.69 Å². The van der Waals surface area contributed by atoms with Gasteiger partial charge in [-0.2, -0.15) is 0 Å². The summed E-state index contributed by atoms with van der Waals surface area (Å²) < 4.78 is 2.04. The Hall–Kier alpha value is -1.62. The van der Waals surface area contributed by atoms with Crippen molar-refractivity contribution in [2.75, 3.05) is 31.1 Å². The van der Waals surface area contributed by atoms with E-state index in [9.17, 15) is 0 Å². The number of hydrogen-bond acceptors (Lipinski definition) is 4. The van der Waals surface area contributed by atoms with Crippen molar-refractivity contribution in [2.45, 2.75) is 6.92 Å². The van der Waals surface area contributed by atoms with E-state index < -0.39 is 0 Å². The topological polar surface area (TPSA) is 46.0 Å². The molecule has 0 amide bonds. The standard InChI is InChI=1S/C12H17N5/c1-9-15-11-10(17-7-5-13-6-8-17)3-4-14-12(11)16(9)2/h3-4,13H,5-8H2,1-2H3. The molecule has 0 bridgehead atoms. The van der Waals surface area contributed by atoms with Crippen LogP contribution in [0.1, 0.15) is 5.82 Å². The van der Waals surface area contributed by atoms with Crippen LogP contribution >= 0.6 is 0 Å². The molecule has 1 aliphatic heterocycles. The summed E-state index contributed by atoms with van der Waals surface area (Å²) in [6.07, 6.45) is 1.88. The Morgan fingerprint density at radius 2 is 2.06 bits per heavy atom. The lowest BCUT2D eigenvalue weighted by Gasteiger charge is -2.29. The predicted molar refractivity (Wildman–Crippen MR) is 68.3 cm³/mol. The molecule has 3 rings (SSSR count). The second kappa shape index (κ2) is 4.00. The zero-order chi connectivity index (χ0) is 11.8. The summed E-state index contributed by atoms with van der Waals surface area (Å²) in [6.45, 7) is 6.16. The molecule has 0 radical (unpaired) electrons. The second-order valence-electron chi connectivity index (χ2n) is 4.46. The summed E-state index contributed by atoms with van der Waals surface area (Å²) in [6, 6.07) is 2.07. The Bertz CT molecular complexity index is 539. The van der Waals surface area contributed by atoms with Crippen LogP contribution in [0.2, 0.25) is 0 Å². The fraction of sp³-hybridized carbons (Fsp3) is 0.500. The monoisotopic (exact) mass is 231 g/mol. The van der Waals surface area contributed by atoms with Gasteiger partial charge in [-0.1, -0.05) is 0 Å². The fourth-order valence-corrected chi connectivity index (χ4v) is 2.34. The molecule has 5 nitrogen and oxygen atoms in total. The Labute approximate surface area is 100 Å². The summed E-state index contributed by atoms with van der Waals surface area (Å²) in [5, 5.41) is 3.37. The molecule has 0 aromatic carbocycles. The van der Waals surface area contributed by atoms with Crippen LogP contribution in [0.25, 0.3) is 11.2 Å². The molecule has 2 aromatic heterocycles. The summed E-state index contributed by atoms with van der Waals surface area (Å²) in [4.78, 5) is 11.4. The molecule has 0 aliphatic carbocycles. The number of imidazole rings is 1. The lowest BCUT2D eigenvalue weighted by molar-refractivity contribution is 0.590. The number of fused-ring (bicyclic) bond motifs is 1. The number of nitrogens with one attached hydrogen (secondary N) is 1. The molecule has 5 heteroatoms. The van der Waals surface area contributed by atoms with Gasteiger partial charge < -0.3 is 14.8 Å². The third-order valence-corrected chi connectivity index (χ3v) is 3.42. The lowest BCUT2D eigenvalue weighted by Crippen LogP contribution is -2.43. The molecule has 2 aromatic rings. The molecule has 0 saturated carbocycles. The van der Waals surface area contributed by atoms with Crippen LogP contribution in [0.4, 0.5) is 5.69 Å². The predicted octanol–water partition coefficient (Wildman–Crippen LogP) is 0.686. The number of nitrogens with zero attached hydrogens (tertiary/aromatic N) is 4. The van der Waals surface area contributed by atoms with Gasteiger partial charge in [-0.15, -0.1) is 0 Å². The largest absolute Gasteiger partial charge is 0.367 e. The van der Waals surface area contributed by atoms with Crippen molar-refractivity contribution in [3.05, 3.63) is 18.1 Å². The smallest absolute Gasteiger partial charge is 0.161 e. The molecule has 0 atom stereocenters. The first-order chi connectivity index (χ1) is 8.27. The van der Waals surface area contributed by atoms with Crippen LogP contribution in [0.15, 0.2) is 12.3 Å². The SMILES string of the molecule is Cc1nc2c(N3CCNCC3)ccnc2n1C. The minimum absolute atomic E-state index is 0.971. The lowest BCUT2D eigenvalue weighted by atomic mass is 10.2. The zero-order valence-electron chi connectivity index (χ0n) is 10.3. The van der Waals surface area contributed by atoms with Crippen LogP contribution in [0.3, 0.4) is 0 Å². The molecular formula is C12H17N5. The molecule has 0 unspecified atom stereocenters. The first-order valence-corrected chi connectivity index (χ1v) is 6.01.